The van der Waals surface area contributed by atoms with Crippen molar-refractivity contribution < 1.29 is 19.1 Å². The quantitative estimate of drug-likeness (QED) is 0.743. The average molecular weight is 408 g/mol. The predicted molar refractivity (Wildman–Crippen MR) is 115 cm³/mol. The van der Waals surface area contributed by atoms with Gasteiger partial charge in [0, 0.05) is 18.7 Å². The number of carbonyl (C=O) groups excluding carboxylic acids is 3. The molecule has 3 rings (SSSR count). The normalized spacial score (nSPS) is 15.0. The maximum atomic E-state index is 12.5. The van der Waals surface area contributed by atoms with Gasteiger partial charge in [0.15, 0.2) is 6.10 Å². The Labute approximate surface area is 177 Å². The molecule has 0 spiro atoms. The monoisotopic (exact) mass is 408 g/mol. The second kappa shape index (κ2) is 10.6. The van der Waals surface area contributed by atoms with Gasteiger partial charge in [-0.05, 0) is 43.0 Å². The number of hydrogen-bond acceptors (Lipinski definition) is 4. The van der Waals surface area contributed by atoms with E-state index in [2.05, 4.69) is 5.32 Å². The van der Waals surface area contributed by atoms with E-state index in [-0.39, 0.29) is 18.4 Å². The molecule has 1 heterocycles. The van der Waals surface area contributed by atoms with Crippen molar-refractivity contribution in [2.75, 3.05) is 19.6 Å². The van der Waals surface area contributed by atoms with Crippen LogP contribution >= 0.6 is 0 Å². The molecule has 2 amide bonds. The molecular formula is C24H28N2O4. The average Bonchev–Trinajstić information content (AvgIpc) is 3.07. The SMILES string of the molecule is CC(OC(=O)CNC(=O)c1ccc(-c2ccccc2)cc1)C(=O)N1CCCCCC1. The molecular weight excluding hydrogens is 380 g/mol. The van der Waals surface area contributed by atoms with Crippen molar-refractivity contribution in [1.29, 1.82) is 0 Å². The lowest BCUT2D eigenvalue weighted by Crippen LogP contribution is -2.42. The number of nitrogens with one attached hydrogen (secondary N) is 1. The fraction of sp³-hybridized carbons (Fsp3) is 0.375. The minimum absolute atomic E-state index is 0.173. The molecule has 1 unspecified atom stereocenters. The summed E-state index contributed by atoms with van der Waals surface area (Å²) in [6, 6.07) is 17.0. The number of carbonyl (C=O) groups is 3. The summed E-state index contributed by atoms with van der Waals surface area (Å²) in [6.07, 6.45) is 3.35. The van der Waals surface area contributed by atoms with Gasteiger partial charge in [-0.1, -0.05) is 55.3 Å². The Hall–Kier alpha value is -3.15. The van der Waals surface area contributed by atoms with Gasteiger partial charge in [-0.2, -0.15) is 0 Å². The van der Waals surface area contributed by atoms with Gasteiger partial charge in [0.1, 0.15) is 6.54 Å². The van der Waals surface area contributed by atoms with Gasteiger partial charge in [0.2, 0.25) is 0 Å². The summed E-state index contributed by atoms with van der Waals surface area (Å²) in [7, 11) is 0. The van der Waals surface area contributed by atoms with E-state index in [1.165, 1.54) is 0 Å². The van der Waals surface area contributed by atoms with Crippen LogP contribution in [-0.4, -0.2) is 48.4 Å². The number of ether oxygens (including phenoxy) is 1. The Morgan fingerprint density at radius 2 is 1.50 bits per heavy atom. The highest BCUT2D eigenvalue weighted by atomic mass is 16.5. The van der Waals surface area contributed by atoms with Crippen molar-refractivity contribution in [3.05, 3.63) is 60.2 Å². The highest BCUT2D eigenvalue weighted by molar-refractivity contribution is 5.96. The minimum Gasteiger partial charge on any atom is -0.451 e. The van der Waals surface area contributed by atoms with Crippen LogP contribution in [0.15, 0.2) is 54.6 Å². The van der Waals surface area contributed by atoms with Crippen LogP contribution in [-0.2, 0) is 14.3 Å². The van der Waals surface area contributed by atoms with E-state index in [1.54, 1.807) is 24.0 Å². The van der Waals surface area contributed by atoms with Crippen molar-refractivity contribution in [1.82, 2.24) is 10.2 Å². The number of benzene rings is 2. The molecule has 0 saturated carbocycles. The number of esters is 1. The zero-order valence-electron chi connectivity index (χ0n) is 17.3. The molecule has 2 aromatic rings. The fourth-order valence-corrected chi connectivity index (χ4v) is 3.54. The molecule has 1 fully saturated rings. The number of nitrogens with zero attached hydrogens (tertiary/aromatic N) is 1. The smallest absolute Gasteiger partial charge is 0.326 e. The number of likely N-dealkylation sites (tertiary alicyclic amines) is 1. The maximum Gasteiger partial charge on any atom is 0.326 e. The lowest BCUT2D eigenvalue weighted by atomic mass is 10.0. The van der Waals surface area contributed by atoms with E-state index < -0.39 is 12.1 Å². The van der Waals surface area contributed by atoms with Gasteiger partial charge in [0.25, 0.3) is 11.8 Å². The van der Waals surface area contributed by atoms with Crippen molar-refractivity contribution in [3.8, 4) is 11.1 Å². The molecule has 6 heteroatoms. The first-order valence-corrected chi connectivity index (χ1v) is 10.5. The fourth-order valence-electron chi connectivity index (χ4n) is 3.54. The van der Waals surface area contributed by atoms with Crippen molar-refractivity contribution in [2.24, 2.45) is 0 Å². The maximum absolute atomic E-state index is 12.5. The predicted octanol–water partition coefficient (Wildman–Crippen LogP) is 3.42. The second-order valence-corrected chi connectivity index (χ2v) is 7.50. The summed E-state index contributed by atoms with van der Waals surface area (Å²) in [4.78, 5) is 38.6. The first kappa shape index (κ1) is 21.6. The van der Waals surface area contributed by atoms with Gasteiger partial charge >= 0.3 is 5.97 Å². The Kier molecular flexibility index (Phi) is 7.60. The van der Waals surface area contributed by atoms with Crippen LogP contribution in [0.3, 0.4) is 0 Å². The zero-order valence-corrected chi connectivity index (χ0v) is 17.3. The Balaban J connectivity index is 1.47. The van der Waals surface area contributed by atoms with Crippen LogP contribution < -0.4 is 5.32 Å². The van der Waals surface area contributed by atoms with Gasteiger partial charge in [-0.3, -0.25) is 14.4 Å². The third kappa shape index (κ3) is 5.92. The van der Waals surface area contributed by atoms with Crippen LogP contribution in [0.1, 0.15) is 43.0 Å². The van der Waals surface area contributed by atoms with Crippen molar-refractivity contribution in [2.45, 2.75) is 38.7 Å². The summed E-state index contributed by atoms with van der Waals surface area (Å²) < 4.78 is 5.22. The molecule has 6 nitrogen and oxygen atoms in total. The first-order chi connectivity index (χ1) is 14.5. The topological polar surface area (TPSA) is 75.7 Å². The molecule has 0 aliphatic carbocycles. The van der Waals surface area contributed by atoms with Crippen LogP contribution in [0.2, 0.25) is 0 Å². The molecule has 0 radical (unpaired) electrons. The largest absolute Gasteiger partial charge is 0.451 e. The van der Waals surface area contributed by atoms with Gasteiger partial charge in [0.05, 0.1) is 0 Å². The van der Waals surface area contributed by atoms with E-state index >= 15 is 0 Å². The highest BCUT2D eigenvalue weighted by Crippen LogP contribution is 2.19. The number of rotatable bonds is 6. The Morgan fingerprint density at radius 1 is 0.900 bits per heavy atom. The molecule has 0 aromatic heterocycles. The summed E-state index contributed by atoms with van der Waals surface area (Å²) in [5.74, 6) is -1.16. The third-order valence-electron chi connectivity index (χ3n) is 5.22. The summed E-state index contributed by atoms with van der Waals surface area (Å²) >= 11 is 0. The van der Waals surface area contributed by atoms with Crippen LogP contribution in [0.25, 0.3) is 11.1 Å². The summed E-state index contributed by atoms with van der Waals surface area (Å²) in [5.41, 5.74) is 2.53. The second-order valence-electron chi connectivity index (χ2n) is 7.50. The third-order valence-corrected chi connectivity index (χ3v) is 5.22. The first-order valence-electron chi connectivity index (χ1n) is 10.5. The van der Waals surface area contributed by atoms with E-state index in [9.17, 15) is 14.4 Å². The van der Waals surface area contributed by atoms with E-state index in [0.29, 0.717) is 18.7 Å². The zero-order chi connectivity index (χ0) is 21.3. The van der Waals surface area contributed by atoms with E-state index in [1.807, 2.05) is 42.5 Å². The van der Waals surface area contributed by atoms with Crippen molar-refractivity contribution in [3.63, 3.8) is 0 Å². The van der Waals surface area contributed by atoms with Crippen molar-refractivity contribution >= 4 is 17.8 Å². The molecule has 1 saturated heterocycles. The lowest BCUT2D eigenvalue weighted by molar-refractivity contribution is -0.158. The summed E-state index contributed by atoms with van der Waals surface area (Å²) in [6.45, 7) is 2.71. The minimum atomic E-state index is -0.849. The Bertz CT molecular complexity index is 857. The summed E-state index contributed by atoms with van der Waals surface area (Å²) in [5, 5.41) is 2.55. The van der Waals surface area contributed by atoms with Gasteiger partial charge in [-0.15, -0.1) is 0 Å². The standard InChI is InChI=1S/C24H28N2O4/c1-18(24(29)26-15-7-2-3-8-16-26)30-22(27)17-25-23(28)21-13-11-20(12-14-21)19-9-5-4-6-10-19/h4-6,9-14,18H,2-3,7-8,15-17H2,1H3,(H,25,28). The van der Waals surface area contributed by atoms with Crippen LogP contribution in [0.5, 0.6) is 0 Å². The molecule has 1 aliphatic rings. The van der Waals surface area contributed by atoms with E-state index in [4.69, 9.17) is 4.74 Å². The molecule has 158 valence electrons. The molecule has 2 aromatic carbocycles. The lowest BCUT2D eigenvalue weighted by Gasteiger charge is -2.24. The number of amides is 2. The molecule has 30 heavy (non-hydrogen) atoms. The van der Waals surface area contributed by atoms with Crippen LogP contribution in [0.4, 0.5) is 0 Å². The highest BCUT2D eigenvalue weighted by Gasteiger charge is 2.24. The Morgan fingerprint density at radius 3 is 2.13 bits per heavy atom. The van der Waals surface area contributed by atoms with Gasteiger partial charge in [-0.25, -0.2) is 0 Å². The molecule has 0 bridgehead atoms. The number of hydrogen-bond donors (Lipinski definition) is 1. The van der Waals surface area contributed by atoms with E-state index in [0.717, 1.165) is 36.8 Å². The van der Waals surface area contributed by atoms with Crippen LogP contribution in [0, 0.1) is 0 Å². The van der Waals surface area contributed by atoms with Gasteiger partial charge < -0.3 is 15.0 Å². The molecule has 1 atom stereocenters. The molecule has 1 N–H and O–H groups in total. The molecule has 1 aliphatic heterocycles.